The zero-order valence-corrected chi connectivity index (χ0v) is 15.6. The second kappa shape index (κ2) is 7.88. The van der Waals surface area contributed by atoms with Crippen molar-refractivity contribution in [3.63, 3.8) is 0 Å². The number of aryl methyl sites for hydroxylation is 2. The smallest absolute Gasteiger partial charge is 0.346 e. The number of carbonyl (C=O) groups is 1. The first kappa shape index (κ1) is 18.4. The predicted octanol–water partition coefficient (Wildman–Crippen LogP) is 3.98. The van der Waals surface area contributed by atoms with Crippen LogP contribution in [0.3, 0.4) is 0 Å². The Labute approximate surface area is 158 Å². The van der Waals surface area contributed by atoms with E-state index in [1.807, 2.05) is 12.1 Å². The molecule has 2 aromatic heterocycles. The van der Waals surface area contributed by atoms with Crippen LogP contribution >= 0.6 is 22.9 Å². The van der Waals surface area contributed by atoms with Crippen molar-refractivity contribution in [1.82, 2.24) is 9.55 Å². The molecule has 1 aromatic carbocycles. The number of carboxylic acid groups (broad SMARTS) is 1. The average Bonchev–Trinajstić information content (AvgIpc) is 2.96. The van der Waals surface area contributed by atoms with Crippen molar-refractivity contribution in [2.75, 3.05) is 6.61 Å². The molecular formula is C18H17ClN2O4S. The molecule has 0 saturated heterocycles. The highest BCUT2D eigenvalue weighted by atomic mass is 35.5. The minimum Gasteiger partial charge on any atom is -0.494 e. The number of aromatic carboxylic acids is 1. The number of aromatic nitrogens is 2. The van der Waals surface area contributed by atoms with Gasteiger partial charge < -0.3 is 9.84 Å². The molecule has 0 aliphatic rings. The maximum atomic E-state index is 12.6. The van der Waals surface area contributed by atoms with Crippen molar-refractivity contribution >= 4 is 39.1 Å². The molecule has 3 aromatic rings. The number of unbranched alkanes of at least 4 members (excludes halogenated alkanes) is 1. The van der Waals surface area contributed by atoms with Gasteiger partial charge in [0.15, 0.2) is 0 Å². The Morgan fingerprint density at radius 3 is 2.73 bits per heavy atom. The van der Waals surface area contributed by atoms with Gasteiger partial charge in [0, 0.05) is 11.6 Å². The van der Waals surface area contributed by atoms with E-state index in [4.69, 9.17) is 16.3 Å². The Morgan fingerprint density at radius 1 is 1.31 bits per heavy atom. The third-order valence-corrected chi connectivity index (χ3v) is 5.43. The van der Waals surface area contributed by atoms with Crippen LogP contribution in [0, 0.1) is 6.92 Å². The van der Waals surface area contributed by atoms with Crippen LogP contribution in [0.15, 0.2) is 35.4 Å². The summed E-state index contributed by atoms with van der Waals surface area (Å²) < 4.78 is 7.15. The molecule has 0 radical (unpaired) electrons. The second-order valence-electron chi connectivity index (χ2n) is 5.79. The normalized spacial score (nSPS) is 11.0. The van der Waals surface area contributed by atoms with E-state index in [1.54, 1.807) is 19.1 Å². The van der Waals surface area contributed by atoms with E-state index in [9.17, 15) is 14.7 Å². The summed E-state index contributed by atoms with van der Waals surface area (Å²) in [6.45, 7) is 2.69. The predicted molar refractivity (Wildman–Crippen MR) is 102 cm³/mol. The summed E-state index contributed by atoms with van der Waals surface area (Å²) in [4.78, 5) is 28.7. The van der Waals surface area contributed by atoms with E-state index in [0.717, 1.165) is 29.9 Å². The van der Waals surface area contributed by atoms with Gasteiger partial charge in [-0.15, -0.1) is 11.3 Å². The summed E-state index contributed by atoms with van der Waals surface area (Å²) >= 11 is 6.86. The van der Waals surface area contributed by atoms with Crippen molar-refractivity contribution in [1.29, 1.82) is 0 Å². The van der Waals surface area contributed by atoms with Crippen LogP contribution in [0.5, 0.6) is 5.75 Å². The molecule has 0 saturated carbocycles. The topological polar surface area (TPSA) is 81.4 Å². The molecule has 0 amide bonds. The number of halogens is 1. The van der Waals surface area contributed by atoms with Crippen LogP contribution in [0.25, 0.3) is 10.2 Å². The zero-order valence-electron chi connectivity index (χ0n) is 14.1. The molecule has 0 atom stereocenters. The summed E-state index contributed by atoms with van der Waals surface area (Å²) in [6.07, 6.45) is 3.00. The molecule has 0 aliphatic carbocycles. The number of fused-ring (bicyclic) bond motifs is 1. The van der Waals surface area contributed by atoms with Crippen LogP contribution in [-0.2, 0) is 6.54 Å². The summed E-state index contributed by atoms with van der Waals surface area (Å²) in [5, 5.41) is 10.2. The third-order valence-electron chi connectivity index (χ3n) is 3.99. The average molecular weight is 393 g/mol. The standard InChI is InChI=1S/C18H17ClN2O4S/c1-11-14-16(26-15(11)18(23)24)20-10-21(17(14)22)8-2-3-9-25-13-6-4-12(19)5-7-13/h4-7,10H,2-3,8-9H2,1H3,(H,23,24). The molecule has 3 rings (SSSR count). The van der Waals surface area contributed by atoms with Gasteiger partial charge in [0.2, 0.25) is 0 Å². The number of carboxylic acids is 1. The van der Waals surface area contributed by atoms with Gasteiger partial charge in [-0.1, -0.05) is 11.6 Å². The molecule has 8 heteroatoms. The first-order valence-corrected chi connectivity index (χ1v) is 9.27. The summed E-state index contributed by atoms with van der Waals surface area (Å²) in [6, 6.07) is 7.16. The van der Waals surface area contributed by atoms with E-state index in [2.05, 4.69) is 4.98 Å². The lowest BCUT2D eigenvalue weighted by Crippen LogP contribution is -2.21. The number of ether oxygens (including phenoxy) is 1. The largest absolute Gasteiger partial charge is 0.494 e. The Morgan fingerprint density at radius 2 is 2.04 bits per heavy atom. The van der Waals surface area contributed by atoms with Gasteiger partial charge in [0.1, 0.15) is 15.5 Å². The van der Waals surface area contributed by atoms with Gasteiger partial charge in [0.05, 0.1) is 18.3 Å². The van der Waals surface area contributed by atoms with Crippen LogP contribution in [0.1, 0.15) is 28.1 Å². The van der Waals surface area contributed by atoms with Crippen LogP contribution in [0.2, 0.25) is 5.02 Å². The van der Waals surface area contributed by atoms with Crippen molar-refractivity contribution in [2.24, 2.45) is 0 Å². The maximum Gasteiger partial charge on any atom is 0.346 e. The maximum absolute atomic E-state index is 12.6. The summed E-state index contributed by atoms with van der Waals surface area (Å²) in [5.74, 6) is -0.277. The van der Waals surface area contributed by atoms with E-state index in [0.29, 0.717) is 34.0 Å². The fraction of sp³-hybridized carbons (Fsp3) is 0.278. The highest BCUT2D eigenvalue weighted by Gasteiger charge is 2.18. The molecule has 0 unspecified atom stereocenters. The minimum atomic E-state index is -1.03. The number of hydrogen-bond donors (Lipinski definition) is 1. The second-order valence-corrected chi connectivity index (χ2v) is 7.23. The molecule has 0 spiro atoms. The van der Waals surface area contributed by atoms with Crippen molar-refractivity contribution in [2.45, 2.75) is 26.3 Å². The van der Waals surface area contributed by atoms with E-state index in [1.165, 1.54) is 10.9 Å². The number of nitrogens with zero attached hydrogens (tertiary/aromatic N) is 2. The first-order chi connectivity index (χ1) is 12.5. The monoisotopic (exact) mass is 392 g/mol. The number of thiophene rings is 1. The molecule has 0 aliphatic heterocycles. The number of rotatable bonds is 7. The SMILES string of the molecule is Cc1c(C(=O)O)sc2ncn(CCCCOc3ccc(Cl)cc3)c(=O)c12. The third kappa shape index (κ3) is 3.89. The van der Waals surface area contributed by atoms with Gasteiger partial charge in [-0.25, -0.2) is 9.78 Å². The van der Waals surface area contributed by atoms with E-state index < -0.39 is 5.97 Å². The van der Waals surface area contributed by atoms with Gasteiger partial charge in [-0.3, -0.25) is 9.36 Å². The van der Waals surface area contributed by atoms with Crippen molar-refractivity contribution < 1.29 is 14.6 Å². The van der Waals surface area contributed by atoms with Gasteiger partial charge >= 0.3 is 5.97 Å². The minimum absolute atomic E-state index is 0.165. The zero-order chi connectivity index (χ0) is 18.7. The van der Waals surface area contributed by atoms with Gasteiger partial charge in [-0.2, -0.15) is 0 Å². The highest BCUT2D eigenvalue weighted by Crippen LogP contribution is 2.26. The molecular weight excluding hydrogens is 376 g/mol. The molecule has 0 bridgehead atoms. The lowest BCUT2D eigenvalue weighted by atomic mass is 10.2. The van der Waals surface area contributed by atoms with E-state index >= 15 is 0 Å². The highest BCUT2D eigenvalue weighted by molar-refractivity contribution is 7.20. The Hall–Kier alpha value is -2.38. The van der Waals surface area contributed by atoms with Gasteiger partial charge in [0.25, 0.3) is 5.56 Å². The lowest BCUT2D eigenvalue weighted by molar-refractivity contribution is 0.0701. The Balaban J connectivity index is 1.61. The molecule has 1 N–H and O–H groups in total. The first-order valence-electron chi connectivity index (χ1n) is 8.07. The molecule has 6 nitrogen and oxygen atoms in total. The number of hydrogen-bond acceptors (Lipinski definition) is 5. The number of benzene rings is 1. The van der Waals surface area contributed by atoms with Gasteiger partial charge in [-0.05, 0) is 49.6 Å². The Bertz CT molecular complexity index is 995. The van der Waals surface area contributed by atoms with Crippen LogP contribution in [0.4, 0.5) is 0 Å². The Kier molecular flexibility index (Phi) is 5.58. The van der Waals surface area contributed by atoms with Crippen LogP contribution in [-0.4, -0.2) is 27.2 Å². The molecule has 2 heterocycles. The lowest BCUT2D eigenvalue weighted by Gasteiger charge is -2.07. The molecule has 0 fully saturated rings. The molecule has 26 heavy (non-hydrogen) atoms. The summed E-state index contributed by atoms with van der Waals surface area (Å²) in [5.41, 5.74) is 0.283. The molecule has 136 valence electrons. The fourth-order valence-corrected chi connectivity index (χ4v) is 3.73. The fourth-order valence-electron chi connectivity index (χ4n) is 2.63. The quantitative estimate of drug-likeness (QED) is 0.615. The van der Waals surface area contributed by atoms with Crippen LogP contribution < -0.4 is 10.3 Å². The summed E-state index contributed by atoms with van der Waals surface area (Å²) in [7, 11) is 0. The van der Waals surface area contributed by atoms with Crippen molar-refractivity contribution in [3.05, 3.63) is 56.4 Å². The van der Waals surface area contributed by atoms with E-state index in [-0.39, 0.29) is 10.4 Å². The van der Waals surface area contributed by atoms with Crippen molar-refractivity contribution in [3.8, 4) is 5.75 Å².